The quantitative estimate of drug-likeness (QED) is 0.523. The van der Waals surface area contributed by atoms with Crippen molar-refractivity contribution < 1.29 is 28.5 Å². The largest absolute Gasteiger partial charge is 0.462 e. The maximum Gasteiger partial charge on any atom is 0.350 e. The first-order chi connectivity index (χ1) is 17.5. The van der Waals surface area contributed by atoms with E-state index in [1.54, 1.807) is 13.0 Å². The van der Waals surface area contributed by atoms with Crippen molar-refractivity contribution in [2.45, 2.75) is 13.8 Å². The van der Waals surface area contributed by atoms with Crippen LogP contribution >= 0.6 is 11.3 Å². The number of aryl methyl sites for hydroxylation is 1. The van der Waals surface area contributed by atoms with Crippen molar-refractivity contribution in [2.75, 3.05) is 54.8 Å². The summed E-state index contributed by atoms with van der Waals surface area (Å²) in [6, 6.07) is 5.37. The topological polar surface area (TPSA) is 126 Å². The molecule has 6 rings (SSSR count). The molecule has 0 atom stereocenters. The van der Waals surface area contributed by atoms with E-state index in [1.165, 1.54) is 4.90 Å². The number of benzene rings is 1. The molecule has 1 fully saturated rings. The maximum absolute atomic E-state index is 13.7. The molecule has 2 aromatic heterocycles. The molecule has 0 aliphatic carbocycles. The number of nitrogens with one attached hydrogen (secondary N) is 1. The highest BCUT2D eigenvalue weighted by atomic mass is 32.1. The maximum atomic E-state index is 13.7. The lowest BCUT2D eigenvalue weighted by Gasteiger charge is -2.33. The van der Waals surface area contributed by atoms with Gasteiger partial charge >= 0.3 is 12.0 Å². The van der Waals surface area contributed by atoms with Gasteiger partial charge in [-0.3, -0.25) is 4.90 Å². The van der Waals surface area contributed by atoms with Crippen LogP contribution in [0, 0.1) is 18.3 Å². The van der Waals surface area contributed by atoms with Crippen LogP contribution in [0.15, 0.2) is 12.1 Å². The average molecular weight is 508 g/mol. The number of aromatic nitrogens is 1. The van der Waals surface area contributed by atoms with Crippen LogP contribution in [0.1, 0.15) is 27.7 Å². The summed E-state index contributed by atoms with van der Waals surface area (Å²) in [7, 11) is 0. The normalized spacial score (nSPS) is 16.2. The van der Waals surface area contributed by atoms with Gasteiger partial charge in [0.1, 0.15) is 21.3 Å². The van der Waals surface area contributed by atoms with Crippen LogP contribution < -0.4 is 24.6 Å². The van der Waals surface area contributed by atoms with E-state index in [0.29, 0.717) is 70.9 Å². The Morgan fingerprint density at radius 3 is 2.83 bits per heavy atom. The van der Waals surface area contributed by atoms with Crippen molar-refractivity contribution >= 4 is 56.4 Å². The Labute approximate surface area is 209 Å². The lowest BCUT2D eigenvalue weighted by atomic mass is 10.0. The van der Waals surface area contributed by atoms with Gasteiger partial charge in [-0.05, 0) is 25.5 Å². The first-order valence-electron chi connectivity index (χ1n) is 11.4. The standard InChI is InChI=1S/C24H21N5O6S/c1-3-33-23(30)20-16-15-18(13(10-25)21(27-22(15)36-20)28-6-8-32-9-7-28)29(24(31)26-16)17-12(2)4-5-14-19(17)35-11-34-14/h4-5H,3,6-9,11H2,1-2H3,(H,26,31). The molecule has 3 aromatic rings. The molecule has 12 heteroatoms. The number of pyridine rings is 1. The molecular weight excluding hydrogens is 486 g/mol. The van der Waals surface area contributed by atoms with E-state index >= 15 is 0 Å². The van der Waals surface area contributed by atoms with E-state index in [1.807, 2.05) is 17.9 Å². The minimum atomic E-state index is -0.560. The number of esters is 1. The van der Waals surface area contributed by atoms with Crippen LogP contribution in [0.3, 0.4) is 0 Å². The van der Waals surface area contributed by atoms with Crippen molar-refractivity contribution in [3.63, 3.8) is 0 Å². The molecule has 1 saturated heterocycles. The van der Waals surface area contributed by atoms with Gasteiger partial charge < -0.3 is 29.2 Å². The van der Waals surface area contributed by atoms with E-state index in [-0.39, 0.29) is 23.8 Å². The highest BCUT2D eigenvalue weighted by Crippen LogP contribution is 2.53. The fourth-order valence-electron chi connectivity index (χ4n) is 4.70. The third-order valence-corrected chi connectivity index (χ3v) is 7.34. The molecular formula is C24H21N5O6S. The Hall–Kier alpha value is -4.08. The molecule has 0 radical (unpaired) electrons. The number of hydrogen-bond donors (Lipinski definition) is 1. The lowest BCUT2D eigenvalue weighted by Crippen LogP contribution is -2.39. The van der Waals surface area contributed by atoms with Gasteiger partial charge in [-0.2, -0.15) is 5.26 Å². The molecule has 36 heavy (non-hydrogen) atoms. The predicted molar refractivity (Wildman–Crippen MR) is 132 cm³/mol. The molecule has 0 bridgehead atoms. The van der Waals surface area contributed by atoms with Gasteiger partial charge in [0.15, 0.2) is 17.3 Å². The summed E-state index contributed by atoms with van der Waals surface area (Å²) >= 11 is 1.13. The molecule has 3 aliphatic rings. The first-order valence-corrected chi connectivity index (χ1v) is 12.3. The van der Waals surface area contributed by atoms with Gasteiger partial charge in [-0.15, -0.1) is 11.3 Å². The summed E-state index contributed by atoms with van der Waals surface area (Å²) in [5.74, 6) is 0.795. The molecule has 0 saturated carbocycles. The third kappa shape index (κ3) is 3.24. The van der Waals surface area contributed by atoms with Crippen LogP contribution in [0.4, 0.5) is 27.7 Å². The molecule has 2 amide bonds. The number of morpholine rings is 1. The Kier molecular flexibility index (Phi) is 5.31. The summed E-state index contributed by atoms with van der Waals surface area (Å²) in [6.07, 6.45) is 0. The molecule has 0 unspecified atom stereocenters. The zero-order chi connectivity index (χ0) is 25.0. The number of amides is 2. The number of rotatable bonds is 4. The van der Waals surface area contributed by atoms with Crippen LogP contribution in [-0.2, 0) is 9.47 Å². The smallest absolute Gasteiger partial charge is 0.350 e. The van der Waals surface area contributed by atoms with Crippen molar-refractivity contribution in [3.8, 4) is 17.6 Å². The predicted octanol–water partition coefficient (Wildman–Crippen LogP) is 3.90. The van der Waals surface area contributed by atoms with E-state index in [9.17, 15) is 14.9 Å². The summed E-state index contributed by atoms with van der Waals surface area (Å²) < 4.78 is 22.0. The van der Waals surface area contributed by atoms with Gasteiger partial charge in [0, 0.05) is 13.1 Å². The summed E-state index contributed by atoms with van der Waals surface area (Å²) in [6.45, 7) is 5.83. The van der Waals surface area contributed by atoms with E-state index in [2.05, 4.69) is 11.4 Å². The highest BCUT2D eigenvalue weighted by Gasteiger charge is 2.40. The molecule has 1 N–H and O–H groups in total. The molecule has 1 aromatic carbocycles. The number of carbonyl (C=O) groups is 2. The number of nitrogens with zero attached hydrogens (tertiary/aromatic N) is 4. The Bertz CT molecular complexity index is 1470. The zero-order valence-electron chi connectivity index (χ0n) is 19.5. The Balaban J connectivity index is 1.68. The third-order valence-electron chi connectivity index (χ3n) is 6.27. The minimum absolute atomic E-state index is 0.0217. The average Bonchev–Trinajstić information content (AvgIpc) is 3.50. The van der Waals surface area contributed by atoms with Gasteiger partial charge in [0.05, 0.1) is 42.3 Å². The summed E-state index contributed by atoms with van der Waals surface area (Å²) in [5.41, 5.74) is 2.09. The van der Waals surface area contributed by atoms with Gasteiger partial charge in [0.2, 0.25) is 6.79 Å². The SMILES string of the molecule is CCOC(=O)c1sc2nc(N3CCOCC3)c(C#N)c3c2c1NC(=O)N3c1c(C)ccc2c1OCO2. The number of nitriles is 1. The van der Waals surface area contributed by atoms with Crippen LogP contribution in [0.25, 0.3) is 10.2 Å². The zero-order valence-corrected chi connectivity index (χ0v) is 20.4. The number of thiophene rings is 1. The number of ether oxygens (including phenoxy) is 4. The second-order valence-corrected chi connectivity index (χ2v) is 9.31. The monoisotopic (exact) mass is 507 g/mol. The van der Waals surface area contributed by atoms with E-state index in [0.717, 1.165) is 16.9 Å². The van der Waals surface area contributed by atoms with Crippen LogP contribution in [-0.4, -0.2) is 56.7 Å². The number of anilines is 4. The Morgan fingerprint density at radius 2 is 2.08 bits per heavy atom. The van der Waals surface area contributed by atoms with Crippen molar-refractivity contribution in [1.29, 1.82) is 5.26 Å². The number of urea groups is 1. The van der Waals surface area contributed by atoms with Crippen molar-refractivity contribution in [1.82, 2.24) is 4.98 Å². The second-order valence-electron chi connectivity index (χ2n) is 8.31. The fourth-order valence-corrected chi connectivity index (χ4v) is 5.73. The van der Waals surface area contributed by atoms with Crippen LogP contribution in [0.2, 0.25) is 0 Å². The lowest BCUT2D eigenvalue weighted by molar-refractivity contribution is 0.0533. The Morgan fingerprint density at radius 1 is 1.28 bits per heavy atom. The summed E-state index contributed by atoms with van der Waals surface area (Å²) in [5, 5.41) is 13.8. The van der Waals surface area contributed by atoms with Gasteiger partial charge in [0.25, 0.3) is 0 Å². The molecule has 11 nitrogen and oxygen atoms in total. The minimum Gasteiger partial charge on any atom is -0.462 e. The highest BCUT2D eigenvalue weighted by molar-refractivity contribution is 7.21. The fraction of sp³-hybridized carbons (Fsp3) is 0.333. The molecule has 3 aliphatic heterocycles. The second kappa shape index (κ2) is 8.54. The van der Waals surface area contributed by atoms with Crippen molar-refractivity contribution in [3.05, 3.63) is 28.1 Å². The number of fused-ring (bicyclic) bond motifs is 1. The molecule has 184 valence electrons. The molecule has 5 heterocycles. The number of hydrogen-bond acceptors (Lipinski definition) is 10. The van der Waals surface area contributed by atoms with Gasteiger partial charge in [-0.1, -0.05) is 6.07 Å². The number of carbonyl (C=O) groups excluding carboxylic acids is 2. The summed E-state index contributed by atoms with van der Waals surface area (Å²) in [4.78, 5) is 35.5. The van der Waals surface area contributed by atoms with Crippen molar-refractivity contribution in [2.24, 2.45) is 0 Å². The molecule has 0 spiro atoms. The van der Waals surface area contributed by atoms with E-state index in [4.69, 9.17) is 23.9 Å². The van der Waals surface area contributed by atoms with Crippen LogP contribution in [0.5, 0.6) is 11.5 Å². The van der Waals surface area contributed by atoms with E-state index < -0.39 is 12.0 Å². The van der Waals surface area contributed by atoms with Gasteiger partial charge in [-0.25, -0.2) is 14.6 Å². The first kappa shape index (κ1) is 22.4.